The lowest BCUT2D eigenvalue weighted by Gasteiger charge is -2.31. The van der Waals surface area contributed by atoms with Gasteiger partial charge in [-0.15, -0.1) is 0 Å². The van der Waals surface area contributed by atoms with Crippen molar-refractivity contribution in [2.75, 3.05) is 20.3 Å². The number of nitrogens with one attached hydrogen (secondary N) is 1. The minimum absolute atomic E-state index is 0.429. The first kappa shape index (κ1) is 12.4. The second kappa shape index (κ2) is 6.02. The van der Waals surface area contributed by atoms with Crippen molar-refractivity contribution in [1.82, 2.24) is 5.32 Å². The van der Waals surface area contributed by atoms with Gasteiger partial charge in [0.2, 0.25) is 0 Å². The van der Waals surface area contributed by atoms with Crippen LogP contribution in [-0.4, -0.2) is 25.8 Å². The molecule has 0 aromatic carbocycles. The van der Waals surface area contributed by atoms with E-state index in [1.807, 2.05) is 7.11 Å². The Morgan fingerprint density at radius 2 is 1.81 bits per heavy atom. The minimum atomic E-state index is 0.429. The first-order valence-electron chi connectivity index (χ1n) is 7.09. The highest BCUT2D eigenvalue weighted by Crippen LogP contribution is 2.33. The molecule has 0 spiro atoms. The zero-order valence-corrected chi connectivity index (χ0v) is 10.8. The Morgan fingerprint density at radius 1 is 1.12 bits per heavy atom. The van der Waals surface area contributed by atoms with Crippen molar-refractivity contribution in [1.29, 1.82) is 0 Å². The zero-order valence-electron chi connectivity index (χ0n) is 10.8. The van der Waals surface area contributed by atoms with Gasteiger partial charge in [0.1, 0.15) is 0 Å². The van der Waals surface area contributed by atoms with Crippen molar-refractivity contribution in [2.45, 2.75) is 63.3 Å². The molecule has 16 heavy (non-hydrogen) atoms. The summed E-state index contributed by atoms with van der Waals surface area (Å²) in [5.41, 5.74) is 0.429. The highest BCUT2D eigenvalue weighted by Gasteiger charge is 2.33. The van der Waals surface area contributed by atoms with Gasteiger partial charge >= 0.3 is 0 Å². The van der Waals surface area contributed by atoms with Gasteiger partial charge < -0.3 is 10.1 Å². The quantitative estimate of drug-likeness (QED) is 0.750. The highest BCUT2D eigenvalue weighted by atomic mass is 16.5. The number of hydrogen-bond acceptors (Lipinski definition) is 2. The van der Waals surface area contributed by atoms with E-state index >= 15 is 0 Å². The summed E-state index contributed by atoms with van der Waals surface area (Å²) < 4.78 is 5.26. The van der Waals surface area contributed by atoms with Gasteiger partial charge in [-0.05, 0) is 44.6 Å². The molecule has 0 amide bonds. The normalized spacial score (nSPS) is 25.3. The van der Waals surface area contributed by atoms with E-state index < -0.39 is 0 Å². The SMILES string of the molecule is COCCC1(NCC2CCCC2)CCCC1. The van der Waals surface area contributed by atoms with Crippen molar-refractivity contribution in [3.05, 3.63) is 0 Å². The Bertz CT molecular complexity index is 193. The molecule has 0 radical (unpaired) electrons. The summed E-state index contributed by atoms with van der Waals surface area (Å²) in [7, 11) is 1.82. The standard InChI is InChI=1S/C14H27NO/c1-16-11-10-14(8-4-5-9-14)15-12-13-6-2-3-7-13/h13,15H,2-12H2,1H3. The van der Waals surface area contributed by atoms with Gasteiger partial charge in [-0.2, -0.15) is 0 Å². The van der Waals surface area contributed by atoms with Crippen LogP contribution >= 0.6 is 0 Å². The van der Waals surface area contributed by atoms with Gasteiger partial charge in [-0.3, -0.25) is 0 Å². The van der Waals surface area contributed by atoms with E-state index in [0.29, 0.717) is 5.54 Å². The highest BCUT2D eigenvalue weighted by molar-refractivity contribution is 4.93. The van der Waals surface area contributed by atoms with Gasteiger partial charge in [0.05, 0.1) is 0 Å². The predicted octanol–water partition coefficient (Wildman–Crippen LogP) is 3.12. The molecule has 2 rings (SSSR count). The Hall–Kier alpha value is -0.0800. The van der Waals surface area contributed by atoms with Crippen molar-refractivity contribution in [3.8, 4) is 0 Å². The summed E-state index contributed by atoms with van der Waals surface area (Å²) in [5.74, 6) is 0.958. The lowest BCUT2D eigenvalue weighted by molar-refractivity contribution is 0.152. The molecule has 0 aromatic rings. The van der Waals surface area contributed by atoms with E-state index in [2.05, 4.69) is 5.32 Å². The Labute approximate surface area is 100 Å². The van der Waals surface area contributed by atoms with E-state index in [9.17, 15) is 0 Å². The van der Waals surface area contributed by atoms with E-state index in [4.69, 9.17) is 4.74 Å². The topological polar surface area (TPSA) is 21.3 Å². The first-order chi connectivity index (χ1) is 7.85. The molecule has 0 aliphatic heterocycles. The molecule has 1 N–H and O–H groups in total. The Balaban J connectivity index is 1.77. The largest absolute Gasteiger partial charge is 0.385 e. The average molecular weight is 225 g/mol. The summed E-state index contributed by atoms with van der Waals surface area (Å²) in [5, 5.41) is 3.89. The maximum atomic E-state index is 5.26. The smallest absolute Gasteiger partial charge is 0.0479 e. The molecule has 2 aliphatic carbocycles. The van der Waals surface area contributed by atoms with Crippen LogP contribution in [0.25, 0.3) is 0 Å². The fraction of sp³-hybridized carbons (Fsp3) is 1.00. The van der Waals surface area contributed by atoms with Crippen LogP contribution in [0.3, 0.4) is 0 Å². The van der Waals surface area contributed by atoms with Crippen LogP contribution in [0.5, 0.6) is 0 Å². The third-order valence-corrected chi connectivity index (χ3v) is 4.59. The number of ether oxygens (including phenoxy) is 1. The second-order valence-corrected chi connectivity index (χ2v) is 5.76. The molecular weight excluding hydrogens is 198 g/mol. The Morgan fingerprint density at radius 3 is 2.44 bits per heavy atom. The third-order valence-electron chi connectivity index (χ3n) is 4.59. The maximum absolute atomic E-state index is 5.26. The minimum Gasteiger partial charge on any atom is -0.385 e. The molecular formula is C14H27NO. The lowest BCUT2D eigenvalue weighted by atomic mass is 9.92. The molecule has 2 aliphatic rings. The van der Waals surface area contributed by atoms with Gasteiger partial charge in [-0.1, -0.05) is 25.7 Å². The van der Waals surface area contributed by atoms with E-state index in [-0.39, 0.29) is 0 Å². The maximum Gasteiger partial charge on any atom is 0.0479 e. The molecule has 94 valence electrons. The average Bonchev–Trinajstić information content (AvgIpc) is 2.96. The summed E-state index contributed by atoms with van der Waals surface area (Å²) in [4.78, 5) is 0. The predicted molar refractivity (Wildman–Crippen MR) is 67.7 cm³/mol. The van der Waals surface area contributed by atoms with Crippen molar-refractivity contribution in [3.63, 3.8) is 0 Å². The van der Waals surface area contributed by atoms with Crippen molar-refractivity contribution >= 4 is 0 Å². The van der Waals surface area contributed by atoms with E-state index in [1.54, 1.807) is 0 Å². The van der Waals surface area contributed by atoms with Crippen LogP contribution in [0.1, 0.15) is 57.8 Å². The van der Waals surface area contributed by atoms with Crippen LogP contribution in [0, 0.1) is 5.92 Å². The fourth-order valence-electron chi connectivity index (χ4n) is 3.44. The Kier molecular flexibility index (Phi) is 4.66. The van der Waals surface area contributed by atoms with E-state index in [1.165, 1.54) is 64.3 Å². The van der Waals surface area contributed by atoms with Crippen LogP contribution < -0.4 is 5.32 Å². The third kappa shape index (κ3) is 3.21. The van der Waals surface area contributed by atoms with Gasteiger partial charge in [0, 0.05) is 19.3 Å². The second-order valence-electron chi connectivity index (χ2n) is 5.76. The summed E-state index contributed by atoms with van der Waals surface area (Å²) in [6, 6.07) is 0. The fourth-order valence-corrected chi connectivity index (χ4v) is 3.44. The molecule has 2 nitrogen and oxygen atoms in total. The summed E-state index contributed by atoms with van der Waals surface area (Å²) >= 11 is 0. The monoisotopic (exact) mass is 225 g/mol. The van der Waals surface area contributed by atoms with Crippen LogP contribution in [0.15, 0.2) is 0 Å². The summed E-state index contributed by atoms with van der Waals surface area (Å²) in [6.07, 6.45) is 12.6. The zero-order chi connectivity index (χ0) is 11.3. The van der Waals surface area contributed by atoms with Gasteiger partial charge in [-0.25, -0.2) is 0 Å². The van der Waals surface area contributed by atoms with Gasteiger partial charge in [0.15, 0.2) is 0 Å². The molecule has 0 aromatic heterocycles. The summed E-state index contributed by atoms with van der Waals surface area (Å²) in [6.45, 7) is 2.17. The molecule has 0 saturated heterocycles. The first-order valence-corrected chi connectivity index (χ1v) is 7.09. The molecule has 0 unspecified atom stereocenters. The number of rotatable bonds is 6. The number of methoxy groups -OCH3 is 1. The number of hydrogen-bond donors (Lipinski definition) is 1. The van der Waals surface area contributed by atoms with Crippen LogP contribution in [0.4, 0.5) is 0 Å². The van der Waals surface area contributed by atoms with Crippen molar-refractivity contribution in [2.24, 2.45) is 5.92 Å². The van der Waals surface area contributed by atoms with E-state index in [0.717, 1.165) is 12.5 Å². The van der Waals surface area contributed by atoms with Crippen molar-refractivity contribution < 1.29 is 4.74 Å². The molecule has 0 bridgehead atoms. The van der Waals surface area contributed by atoms with Crippen LogP contribution in [0.2, 0.25) is 0 Å². The molecule has 2 saturated carbocycles. The molecule has 2 fully saturated rings. The molecule has 0 atom stereocenters. The van der Waals surface area contributed by atoms with Crippen LogP contribution in [-0.2, 0) is 4.74 Å². The molecule has 0 heterocycles. The molecule has 2 heteroatoms. The van der Waals surface area contributed by atoms with Gasteiger partial charge in [0.25, 0.3) is 0 Å². The lowest BCUT2D eigenvalue weighted by Crippen LogP contribution is -2.45.